The molecule has 0 radical (unpaired) electrons. The van der Waals surface area contributed by atoms with Crippen LogP contribution in [0.15, 0.2) is 16.5 Å². The summed E-state index contributed by atoms with van der Waals surface area (Å²) in [7, 11) is 0. The second kappa shape index (κ2) is 9.37. The van der Waals surface area contributed by atoms with Gasteiger partial charge in [0, 0.05) is 13.8 Å². The Morgan fingerprint density at radius 1 is 1.12 bits per heavy atom. The van der Waals surface area contributed by atoms with Crippen molar-refractivity contribution in [1.82, 2.24) is 0 Å². The van der Waals surface area contributed by atoms with E-state index in [1.807, 2.05) is 0 Å². The van der Waals surface area contributed by atoms with Gasteiger partial charge in [-0.3, -0.25) is 9.59 Å². The fraction of sp³-hybridized carbons (Fsp3) is 0.400. The SMILES string of the molecule is CC(=O)O.CC(=O)O.Cc1ccc(C(O)O)o1. The first-order chi connectivity index (χ1) is 7.66. The third-order valence-corrected chi connectivity index (χ3v) is 1.02. The van der Waals surface area contributed by atoms with Gasteiger partial charge in [0.2, 0.25) is 6.29 Å². The minimum Gasteiger partial charge on any atom is -0.481 e. The molecule has 17 heavy (non-hydrogen) atoms. The Morgan fingerprint density at radius 2 is 1.47 bits per heavy atom. The summed E-state index contributed by atoms with van der Waals surface area (Å²) in [6, 6.07) is 3.20. The minimum absolute atomic E-state index is 0.188. The molecule has 0 atom stereocenters. The first-order valence-corrected chi connectivity index (χ1v) is 4.48. The number of aryl methyl sites for hydroxylation is 1. The van der Waals surface area contributed by atoms with E-state index in [1.54, 1.807) is 13.0 Å². The van der Waals surface area contributed by atoms with Crippen LogP contribution in [0.2, 0.25) is 0 Å². The molecule has 0 unspecified atom stereocenters. The van der Waals surface area contributed by atoms with Crippen LogP contribution in [0.4, 0.5) is 0 Å². The molecule has 4 N–H and O–H groups in total. The number of aliphatic hydroxyl groups excluding tert-OH is 1. The van der Waals surface area contributed by atoms with Crippen LogP contribution in [0.25, 0.3) is 0 Å². The molecule has 7 nitrogen and oxygen atoms in total. The number of aliphatic hydroxyl groups is 2. The van der Waals surface area contributed by atoms with Gasteiger partial charge < -0.3 is 24.8 Å². The van der Waals surface area contributed by atoms with Crippen molar-refractivity contribution in [3.8, 4) is 0 Å². The van der Waals surface area contributed by atoms with Gasteiger partial charge in [0.05, 0.1) is 0 Å². The number of hydrogen-bond acceptors (Lipinski definition) is 5. The second-order valence-corrected chi connectivity index (χ2v) is 2.86. The van der Waals surface area contributed by atoms with Crippen molar-refractivity contribution in [2.75, 3.05) is 0 Å². The number of furan rings is 1. The molecule has 0 aromatic carbocycles. The second-order valence-electron chi connectivity index (χ2n) is 2.86. The van der Waals surface area contributed by atoms with Gasteiger partial charge in [-0.2, -0.15) is 0 Å². The van der Waals surface area contributed by atoms with Crippen LogP contribution in [-0.4, -0.2) is 32.4 Å². The summed E-state index contributed by atoms with van der Waals surface area (Å²) in [5.41, 5.74) is 0. The number of rotatable bonds is 1. The summed E-state index contributed by atoms with van der Waals surface area (Å²) in [5.74, 6) is -0.800. The van der Waals surface area contributed by atoms with Crippen LogP contribution < -0.4 is 0 Å². The van der Waals surface area contributed by atoms with Crippen LogP contribution in [0.3, 0.4) is 0 Å². The normalized spacial score (nSPS) is 8.59. The first-order valence-electron chi connectivity index (χ1n) is 4.48. The van der Waals surface area contributed by atoms with E-state index in [0.29, 0.717) is 5.76 Å². The van der Waals surface area contributed by atoms with E-state index in [-0.39, 0.29) is 5.76 Å². The Balaban J connectivity index is 0. The standard InChI is InChI=1S/C6H8O3.2C2H4O2/c1-4-2-3-5(9-4)6(7)8;2*1-2(3)4/h2-3,6-8H,1H3;2*1H3,(H,3,4). The van der Waals surface area contributed by atoms with E-state index in [4.69, 9.17) is 34.4 Å². The fourth-order valence-electron chi connectivity index (χ4n) is 0.592. The lowest BCUT2D eigenvalue weighted by Gasteiger charge is -1.94. The molecule has 0 aliphatic rings. The van der Waals surface area contributed by atoms with E-state index in [1.165, 1.54) is 6.07 Å². The summed E-state index contributed by atoms with van der Waals surface area (Å²) < 4.78 is 4.84. The molecule has 0 amide bonds. The Bertz CT molecular complexity index is 320. The van der Waals surface area contributed by atoms with Crippen molar-refractivity contribution >= 4 is 11.9 Å². The molecule has 0 saturated carbocycles. The van der Waals surface area contributed by atoms with E-state index < -0.39 is 18.2 Å². The Morgan fingerprint density at radius 3 is 1.59 bits per heavy atom. The van der Waals surface area contributed by atoms with Crippen molar-refractivity contribution in [3.05, 3.63) is 23.7 Å². The van der Waals surface area contributed by atoms with Gasteiger partial charge in [-0.05, 0) is 19.1 Å². The highest BCUT2D eigenvalue weighted by Gasteiger charge is 2.04. The van der Waals surface area contributed by atoms with E-state index in [0.717, 1.165) is 13.8 Å². The van der Waals surface area contributed by atoms with Crippen LogP contribution >= 0.6 is 0 Å². The third-order valence-electron chi connectivity index (χ3n) is 1.02. The third kappa shape index (κ3) is 16.8. The van der Waals surface area contributed by atoms with Gasteiger partial charge >= 0.3 is 0 Å². The lowest BCUT2D eigenvalue weighted by molar-refractivity contribution is -0.135. The number of carboxylic acid groups (broad SMARTS) is 2. The number of aliphatic carboxylic acids is 2. The molecule has 1 aromatic heterocycles. The first kappa shape index (κ1) is 17.5. The molecule has 0 aliphatic heterocycles. The maximum absolute atomic E-state index is 9.00. The molecule has 1 aromatic rings. The van der Waals surface area contributed by atoms with Crippen molar-refractivity contribution in [2.24, 2.45) is 0 Å². The van der Waals surface area contributed by atoms with E-state index >= 15 is 0 Å². The summed E-state index contributed by atoms with van der Waals surface area (Å²) in [4.78, 5) is 18.0. The summed E-state index contributed by atoms with van der Waals surface area (Å²) >= 11 is 0. The van der Waals surface area contributed by atoms with Crippen molar-refractivity contribution in [1.29, 1.82) is 0 Å². The monoisotopic (exact) mass is 248 g/mol. The highest BCUT2D eigenvalue weighted by atomic mass is 16.5. The Kier molecular flexibility index (Phi) is 9.67. The molecule has 0 fully saturated rings. The lowest BCUT2D eigenvalue weighted by atomic mass is 10.4. The van der Waals surface area contributed by atoms with Crippen LogP contribution in [0.1, 0.15) is 31.7 Å². The molecule has 7 heteroatoms. The molecule has 0 aliphatic carbocycles. The van der Waals surface area contributed by atoms with Crippen LogP contribution in [0, 0.1) is 6.92 Å². The van der Waals surface area contributed by atoms with E-state index in [9.17, 15) is 0 Å². The van der Waals surface area contributed by atoms with Gasteiger partial charge in [0.25, 0.3) is 11.9 Å². The minimum atomic E-state index is -1.49. The van der Waals surface area contributed by atoms with Crippen molar-refractivity contribution in [2.45, 2.75) is 27.1 Å². The Labute approximate surface area is 97.9 Å². The number of hydrogen-bond donors (Lipinski definition) is 4. The lowest BCUT2D eigenvalue weighted by Crippen LogP contribution is -1.90. The highest BCUT2D eigenvalue weighted by Crippen LogP contribution is 2.12. The predicted molar refractivity (Wildman–Crippen MR) is 57.2 cm³/mol. The molecular weight excluding hydrogens is 232 g/mol. The van der Waals surface area contributed by atoms with Crippen molar-refractivity contribution < 1.29 is 34.4 Å². The maximum Gasteiger partial charge on any atom is 0.300 e. The molecular formula is C10H16O7. The molecule has 1 heterocycles. The van der Waals surface area contributed by atoms with E-state index in [2.05, 4.69) is 0 Å². The largest absolute Gasteiger partial charge is 0.481 e. The fourth-order valence-corrected chi connectivity index (χ4v) is 0.592. The average Bonchev–Trinajstić information content (AvgIpc) is 2.49. The van der Waals surface area contributed by atoms with Gasteiger partial charge in [0.1, 0.15) is 5.76 Å². The molecule has 0 bridgehead atoms. The number of carbonyl (C=O) groups is 2. The van der Waals surface area contributed by atoms with Gasteiger partial charge in [-0.15, -0.1) is 0 Å². The number of carboxylic acids is 2. The molecule has 98 valence electrons. The van der Waals surface area contributed by atoms with Gasteiger partial charge in [0.15, 0.2) is 5.76 Å². The maximum atomic E-state index is 9.00. The zero-order chi connectivity index (χ0) is 14.0. The average molecular weight is 248 g/mol. The zero-order valence-electron chi connectivity index (χ0n) is 9.75. The highest BCUT2D eigenvalue weighted by molar-refractivity contribution is 5.63. The van der Waals surface area contributed by atoms with Crippen molar-refractivity contribution in [3.63, 3.8) is 0 Å². The summed E-state index contributed by atoms with van der Waals surface area (Å²) in [6.45, 7) is 3.91. The zero-order valence-corrected chi connectivity index (χ0v) is 9.75. The topological polar surface area (TPSA) is 128 Å². The van der Waals surface area contributed by atoms with Gasteiger partial charge in [-0.1, -0.05) is 0 Å². The summed E-state index contributed by atoms with van der Waals surface area (Å²) in [6.07, 6.45) is -1.49. The molecule has 0 saturated heterocycles. The smallest absolute Gasteiger partial charge is 0.300 e. The Hall–Kier alpha value is -1.86. The summed E-state index contributed by atoms with van der Waals surface area (Å²) in [5, 5.41) is 31.8. The predicted octanol–water partition coefficient (Wildman–Crippen LogP) is 0.753. The molecule has 0 spiro atoms. The van der Waals surface area contributed by atoms with Crippen LogP contribution in [-0.2, 0) is 9.59 Å². The quantitative estimate of drug-likeness (QED) is 0.540. The molecule has 1 rings (SSSR count). The van der Waals surface area contributed by atoms with Gasteiger partial charge in [-0.25, -0.2) is 0 Å². The van der Waals surface area contributed by atoms with Crippen LogP contribution in [0.5, 0.6) is 0 Å².